The maximum atomic E-state index is 13.8. The lowest BCUT2D eigenvalue weighted by Gasteiger charge is -2.24. The van der Waals surface area contributed by atoms with Gasteiger partial charge in [-0.25, -0.2) is 18.3 Å². The van der Waals surface area contributed by atoms with Crippen molar-refractivity contribution < 1.29 is 27.3 Å². The van der Waals surface area contributed by atoms with Crippen molar-refractivity contribution in [1.29, 1.82) is 0 Å². The number of carbonyl (C=O) groups is 1. The number of hydroxylamine groups is 1. The van der Waals surface area contributed by atoms with E-state index in [9.17, 15) is 17.6 Å². The Balaban J connectivity index is 2.10. The zero-order valence-electron chi connectivity index (χ0n) is 12.9. The number of carbonyl (C=O) groups excluding carboxylic acids is 1. The van der Waals surface area contributed by atoms with Crippen LogP contribution in [-0.4, -0.2) is 35.7 Å². The molecular formula is C14H19FN2O5S. The Morgan fingerprint density at radius 3 is 2.78 bits per heavy atom. The molecule has 0 aliphatic heterocycles. The molecule has 0 radical (unpaired) electrons. The summed E-state index contributed by atoms with van der Waals surface area (Å²) in [5, 5.41) is 12.4. The Kier molecular flexibility index (Phi) is 4.90. The molecule has 1 aliphatic carbocycles. The van der Waals surface area contributed by atoms with Gasteiger partial charge in [-0.1, -0.05) is 5.16 Å². The predicted molar refractivity (Wildman–Crippen MR) is 79.8 cm³/mol. The van der Waals surface area contributed by atoms with E-state index in [0.717, 1.165) is 19.1 Å². The van der Waals surface area contributed by atoms with Crippen LogP contribution in [0.4, 0.5) is 4.39 Å². The number of halogens is 1. The molecule has 1 aliphatic rings. The number of aryl methyl sites for hydroxylation is 1. The molecule has 1 atom stereocenters. The van der Waals surface area contributed by atoms with Gasteiger partial charge >= 0.3 is 0 Å². The van der Waals surface area contributed by atoms with E-state index < -0.39 is 26.3 Å². The van der Waals surface area contributed by atoms with E-state index in [-0.39, 0.29) is 24.5 Å². The molecule has 1 fully saturated rings. The lowest BCUT2D eigenvalue weighted by molar-refractivity contribution is -0.131. The quantitative estimate of drug-likeness (QED) is 0.574. The summed E-state index contributed by atoms with van der Waals surface area (Å²) in [6.07, 6.45) is 4.25. The number of hydrogen-bond donors (Lipinski definition) is 2. The van der Waals surface area contributed by atoms with E-state index in [0.29, 0.717) is 5.69 Å². The van der Waals surface area contributed by atoms with E-state index in [1.54, 1.807) is 0 Å². The summed E-state index contributed by atoms with van der Waals surface area (Å²) in [4.78, 5) is 11.7. The first-order chi connectivity index (χ1) is 10.7. The van der Waals surface area contributed by atoms with Gasteiger partial charge < -0.3 is 4.52 Å². The Hall–Kier alpha value is -1.74. The number of allylic oxidation sites excluding steroid dienone is 1. The Labute approximate surface area is 133 Å². The normalized spacial score (nSPS) is 18.5. The summed E-state index contributed by atoms with van der Waals surface area (Å²) in [6, 6.07) is 1.38. The second-order valence-corrected chi connectivity index (χ2v) is 8.42. The number of nitrogens with zero attached hydrogens (tertiary/aromatic N) is 1. The van der Waals surface area contributed by atoms with Gasteiger partial charge in [-0.05, 0) is 44.6 Å². The monoisotopic (exact) mass is 346 g/mol. The molecule has 0 bridgehead atoms. The molecule has 0 spiro atoms. The minimum Gasteiger partial charge on any atom is -0.354 e. The van der Waals surface area contributed by atoms with Crippen LogP contribution < -0.4 is 5.48 Å². The summed E-state index contributed by atoms with van der Waals surface area (Å²) in [5.74, 6) is -1.29. The van der Waals surface area contributed by atoms with Gasteiger partial charge in [0.15, 0.2) is 21.4 Å². The van der Waals surface area contributed by atoms with Crippen LogP contribution >= 0.6 is 0 Å². The van der Waals surface area contributed by atoms with Crippen molar-refractivity contribution >= 4 is 21.6 Å². The first-order valence-corrected chi connectivity index (χ1v) is 9.04. The number of nitrogens with one attached hydrogen (secondary N) is 1. The van der Waals surface area contributed by atoms with Gasteiger partial charge in [0, 0.05) is 12.3 Å². The van der Waals surface area contributed by atoms with Crippen LogP contribution in [0.25, 0.3) is 5.83 Å². The van der Waals surface area contributed by atoms with Crippen LogP contribution in [0.3, 0.4) is 0 Å². The van der Waals surface area contributed by atoms with Crippen molar-refractivity contribution in [2.24, 2.45) is 5.92 Å². The van der Waals surface area contributed by atoms with E-state index in [1.165, 1.54) is 24.5 Å². The van der Waals surface area contributed by atoms with Gasteiger partial charge in [-0.3, -0.25) is 10.0 Å². The van der Waals surface area contributed by atoms with Crippen LogP contribution in [0.1, 0.15) is 37.6 Å². The average Bonchev–Trinajstić information content (AvgIpc) is 3.16. The van der Waals surface area contributed by atoms with Crippen LogP contribution in [0.15, 0.2) is 16.7 Å². The molecule has 0 aromatic carbocycles. The lowest BCUT2D eigenvalue weighted by Crippen LogP contribution is -2.49. The third kappa shape index (κ3) is 3.97. The van der Waals surface area contributed by atoms with Crippen molar-refractivity contribution in [3.63, 3.8) is 0 Å². The fourth-order valence-corrected chi connectivity index (χ4v) is 2.90. The topological polar surface area (TPSA) is 110 Å². The van der Waals surface area contributed by atoms with Gasteiger partial charge in [0.1, 0.15) is 4.75 Å². The number of aromatic nitrogens is 1. The summed E-state index contributed by atoms with van der Waals surface area (Å²) in [7, 11) is -3.78. The van der Waals surface area contributed by atoms with Crippen molar-refractivity contribution in [3.8, 4) is 0 Å². The molecule has 1 heterocycles. The fourth-order valence-electron chi connectivity index (χ4n) is 2.05. The van der Waals surface area contributed by atoms with Gasteiger partial charge in [0.25, 0.3) is 5.91 Å². The molecule has 23 heavy (non-hydrogen) atoms. The molecule has 1 aromatic heterocycles. The zero-order chi connectivity index (χ0) is 17.3. The second-order valence-electron chi connectivity index (χ2n) is 5.98. The minimum absolute atomic E-state index is 0.0143. The third-order valence-electron chi connectivity index (χ3n) is 4.06. The van der Waals surface area contributed by atoms with Gasteiger partial charge in [0.05, 0.1) is 5.69 Å². The molecule has 1 amide bonds. The maximum Gasteiger partial charge on any atom is 0.264 e. The predicted octanol–water partition coefficient (Wildman–Crippen LogP) is 1.64. The number of amides is 1. The van der Waals surface area contributed by atoms with Crippen LogP contribution in [0, 0.1) is 5.92 Å². The number of sulfone groups is 1. The van der Waals surface area contributed by atoms with Crippen molar-refractivity contribution in [3.05, 3.63) is 23.6 Å². The van der Waals surface area contributed by atoms with Crippen molar-refractivity contribution in [1.82, 2.24) is 10.6 Å². The maximum absolute atomic E-state index is 13.8. The Morgan fingerprint density at radius 2 is 2.26 bits per heavy atom. The molecule has 1 unspecified atom stereocenters. The summed E-state index contributed by atoms with van der Waals surface area (Å²) in [6.45, 7) is 1.21. The van der Waals surface area contributed by atoms with E-state index in [2.05, 4.69) is 5.16 Å². The number of rotatable bonds is 7. The zero-order valence-corrected chi connectivity index (χ0v) is 13.7. The molecule has 7 nitrogen and oxygen atoms in total. The lowest BCUT2D eigenvalue weighted by atomic mass is 10.0. The molecular weight excluding hydrogens is 327 g/mol. The highest BCUT2D eigenvalue weighted by atomic mass is 32.2. The highest BCUT2D eigenvalue weighted by Gasteiger charge is 2.43. The number of hydrogen-bond acceptors (Lipinski definition) is 6. The molecule has 0 saturated heterocycles. The first kappa shape index (κ1) is 17.6. The molecule has 128 valence electrons. The van der Waals surface area contributed by atoms with E-state index >= 15 is 0 Å². The summed E-state index contributed by atoms with van der Waals surface area (Å²) < 4.78 is 40.6. The van der Waals surface area contributed by atoms with Crippen molar-refractivity contribution in [2.75, 3.05) is 6.26 Å². The third-order valence-corrected chi connectivity index (χ3v) is 6.08. The summed E-state index contributed by atoms with van der Waals surface area (Å²) in [5.41, 5.74) is 1.70. The van der Waals surface area contributed by atoms with Crippen LogP contribution in [-0.2, 0) is 21.1 Å². The molecule has 2 rings (SSSR count). The second kappa shape index (κ2) is 6.40. The Bertz CT molecular complexity index is 723. The van der Waals surface area contributed by atoms with Crippen molar-refractivity contribution in [2.45, 2.75) is 37.4 Å². The Morgan fingerprint density at radius 1 is 1.61 bits per heavy atom. The van der Waals surface area contributed by atoms with Crippen LogP contribution in [0.5, 0.6) is 0 Å². The highest BCUT2D eigenvalue weighted by molar-refractivity contribution is 7.92. The van der Waals surface area contributed by atoms with Crippen LogP contribution in [0.2, 0.25) is 0 Å². The average molecular weight is 346 g/mol. The smallest absolute Gasteiger partial charge is 0.264 e. The first-order valence-electron chi connectivity index (χ1n) is 7.15. The summed E-state index contributed by atoms with van der Waals surface area (Å²) >= 11 is 0. The fraction of sp³-hybridized carbons (Fsp3) is 0.571. The molecule has 1 aromatic rings. The molecule has 1 saturated carbocycles. The van der Waals surface area contributed by atoms with Gasteiger partial charge in [0.2, 0.25) is 0 Å². The standard InChI is InChI=1S/C14H19FN2O5S/c1-14(13(18)16-19,23(2,20)21)6-5-10-8-12(22-17-10)11(15)7-9-3-4-9/h7-9,19H,3-6H2,1-2H3,(H,16,18). The molecule has 2 N–H and O–H groups in total. The largest absolute Gasteiger partial charge is 0.354 e. The van der Waals surface area contributed by atoms with Gasteiger partial charge in [-0.15, -0.1) is 0 Å². The van der Waals surface area contributed by atoms with E-state index in [4.69, 9.17) is 9.73 Å². The highest BCUT2D eigenvalue weighted by Crippen LogP contribution is 2.34. The SMILES string of the molecule is CC(CCc1cc(C(F)=CC2CC2)on1)(C(=O)NO)S(C)(=O)=O. The molecule has 9 heteroatoms. The van der Waals surface area contributed by atoms with Gasteiger partial charge in [-0.2, -0.15) is 0 Å². The minimum atomic E-state index is -3.78. The van der Waals surface area contributed by atoms with E-state index in [1.807, 2.05) is 0 Å².